The predicted molar refractivity (Wildman–Crippen MR) is 136 cm³/mol. The van der Waals surface area contributed by atoms with Crippen LogP contribution in [0.5, 0.6) is 0 Å². The van der Waals surface area contributed by atoms with Gasteiger partial charge in [0.2, 0.25) is 23.4 Å². The molecule has 0 fully saturated rings. The molecule has 0 aliphatic rings. The second-order valence-corrected chi connectivity index (χ2v) is 8.95. The first-order valence-corrected chi connectivity index (χ1v) is 12.2. The number of benzene rings is 1. The van der Waals surface area contributed by atoms with Crippen molar-refractivity contribution in [1.29, 1.82) is 0 Å². The van der Waals surface area contributed by atoms with Gasteiger partial charge in [0, 0.05) is 12.8 Å². The van der Waals surface area contributed by atoms with E-state index in [1.165, 1.54) is 0 Å². The van der Waals surface area contributed by atoms with Gasteiger partial charge in [0.05, 0.1) is 24.6 Å². The molecular formula is C25H32N4O12. The SMILES string of the molecule is C[C@@H](O)[C@H](NC(=O)CC[C@H](N)C(=O)C(=O)C[C@H](N)C(=O)C(=O)OCc1ccccc1)C(=O)N[C@@H](CC(=O)O)C(=O)O. The molecule has 0 saturated heterocycles. The molecular weight excluding hydrogens is 548 g/mol. The summed E-state index contributed by atoms with van der Waals surface area (Å²) in [7, 11) is 0. The third-order valence-corrected chi connectivity index (χ3v) is 5.52. The highest BCUT2D eigenvalue weighted by atomic mass is 16.5. The molecule has 0 aliphatic heterocycles. The number of nitrogens with two attached hydrogens (primary N) is 2. The Labute approximate surface area is 233 Å². The highest BCUT2D eigenvalue weighted by Gasteiger charge is 2.32. The van der Waals surface area contributed by atoms with Crippen LogP contribution in [0.1, 0.15) is 38.2 Å². The number of esters is 1. The van der Waals surface area contributed by atoms with Crippen LogP contribution in [0, 0.1) is 0 Å². The Morgan fingerprint density at radius 3 is 2.02 bits per heavy atom. The van der Waals surface area contributed by atoms with Crippen LogP contribution in [0.25, 0.3) is 0 Å². The van der Waals surface area contributed by atoms with Crippen molar-refractivity contribution in [2.75, 3.05) is 0 Å². The standard InChI is InChI=1S/C25H32N4O12/c1-12(30)20(23(37)28-16(24(38)39)10-19(33)34)29-18(32)8-7-14(26)21(35)17(31)9-15(27)22(36)25(40)41-11-13-5-3-2-4-6-13/h2-6,12,14-16,20,30H,7-11,26-27H2,1H3,(H,28,37)(H,29,32)(H,33,34)(H,38,39)/t12-,14+,15+,16+,20+/m1/s1. The minimum absolute atomic E-state index is 0.210. The number of hydrogen-bond donors (Lipinski definition) is 7. The second-order valence-electron chi connectivity index (χ2n) is 8.95. The fraction of sp³-hybridized carbons (Fsp3) is 0.440. The van der Waals surface area contributed by atoms with Crippen molar-refractivity contribution in [2.45, 2.75) is 69.5 Å². The number of carbonyl (C=O) groups excluding carboxylic acids is 6. The summed E-state index contributed by atoms with van der Waals surface area (Å²) in [5, 5.41) is 31.6. The smallest absolute Gasteiger partial charge is 0.376 e. The van der Waals surface area contributed by atoms with Crippen molar-refractivity contribution in [3.63, 3.8) is 0 Å². The monoisotopic (exact) mass is 580 g/mol. The van der Waals surface area contributed by atoms with Gasteiger partial charge in [-0.2, -0.15) is 0 Å². The Balaban J connectivity index is 2.60. The van der Waals surface area contributed by atoms with E-state index in [9.17, 15) is 43.5 Å². The third kappa shape index (κ3) is 12.0. The molecule has 5 atom stereocenters. The van der Waals surface area contributed by atoms with Crippen LogP contribution in [0.3, 0.4) is 0 Å². The van der Waals surface area contributed by atoms with Gasteiger partial charge >= 0.3 is 17.9 Å². The van der Waals surface area contributed by atoms with Gasteiger partial charge in [-0.15, -0.1) is 0 Å². The van der Waals surface area contributed by atoms with Gasteiger partial charge in [0.15, 0.2) is 0 Å². The van der Waals surface area contributed by atoms with Crippen LogP contribution in [0.15, 0.2) is 30.3 Å². The maximum Gasteiger partial charge on any atom is 0.376 e. The fourth-order valence-corrected chi connectivity index (χ4v) is 3.25. The van der Waals surface area contributed by atoms with Crippen LogP contribution in [-0.2, 0) is 49.7 Å². The lowest BCUT2D eigenvalue weighted by Crippen LogP contribution is -2.56. The molecule has 16 heteroatoms. The van der Waals surface area contributed by atoms with Gasteiger partial charge in [-0.05, 0) is 18.9 Å². The molecule has 1 aromatic rings. The summed E-state index contributed by atoms with van der Waals surface area (Å²) < 4.78 is 4.84. The average molecular weight is 581 g/mol. The van der Waals surface area contributed by atoms with Crippen LogP contribution in [-0.4, -0.2) is 92.7 Å². The molecule has 1 aromatic carbocycles. The Kier molecular flexibility index (Phi) is 13.9. The number of ether oxygens (including phenoxy) is 1. The zero-order chi connectivity index (χ0) is 31.3. The second kappa shape index (κ2) is 16.5. The quantitative estimate of drug-likeness (QED) is 0.0681. The number of rotatable bonds is 18. The van der Waals surface area contributed by atoms with E-state index in [2.05, 4.69) is 5.32 Å². The van der Waals surface area contributed by atoms with Crippen molar-refractivity contribution in [2.24, 2.45) is 11.5 Å². The minimum Gasteiger partial charge on any atom is -0.481 e. The van der Waals surface area contributed by atoms with Crippen LogP contribution < -0.4 is 22.1 Å². The van der Waals surface area contributed by atoms with Crippen molar-refractivity contribution < 1.29 is 58.4 Å². The van der Waals surface area contributed by atoms with Crippen molar-refractivity contribution in [3.05, 3.63) is 35.9 Å². The Morgan fingerprint density at radius 2 is 1.49 bits per heavy atom. The topological polar surface area (TPSA) is 283 Å². The number of amides is 2. The first-order valence-electron chi connectivity index (χ1n) is 12.2. The molecule has 16 nitrogen and oxygen atoms in total. The average Bonchev–Trinajstić information content (AvgIpc) is 2.91. The molecule has 0 bridgehead atoms. The van der Waals surface area contributed by atoms with Gasteiger partial charge in [-0.1, -0.05) is 30.3 Å². The van der Waals surface area contributed by atoms with Crippen LogP contribution >= 0.6 is 0 Å². The Morgan fingerprint density at radius 1 is 0.878 bits per heavy atom. The summed E-state index contributed by atoms with van der Waals surface area (Å²) in [6.45, 7) is 0.894. The summed E-state index contributed by atoms with van der Waals surface area (Å²) >= 11 is 0. The summed E-state index contributed by atoms with van der Waals surface area (Å²) in [5.74, 6) is -10.1. The van der Waals surface area contributed by atoms with E-state index in [0.29, 0.717) is 5.56 Å². The van der Waals surface area contributed by atoms with Gasteiger partial charge in [-0.25, -0.2) is 9.59 Å². The van der Waals surface area contributed by atoms with Gasteiger partial charge in [0.1, 0.15) is 18.7 Å². The fourth-order valence-electron chi connectivity index (χ4n) is 3.25. The molecule has 0 aliphatic carbocycles. The zero-order valence-corrected chi connectivity index (χ0v) is 22.0. The maximum atomic E-state index is 12.3. The molecule has 0 saturated carbocycles. The zero-order valence-electron chi connectivity index (χ0n) is 22.0. The number of carbonyl (C=O) groups is 8. The Hall–Kier alpha value is -4.54. The van der Waals surface area contributed by atoms with E-state index in [0.717, 1.165) is 6.92 Å². The van der Waals surface area contributed by atoms with Gasteiger partial charge in [-0.3, -0.25) is 28.8 Å². The summed E-state index contributed by atoms with van der Waals surface area (Å²) in [4.78, 5) is 95.1. The van der Waals surface area contributed by atoms with Crippen molar-refractivity contribution >= 4 is 47.1 Å². The van der Waals surface area contributed by atoms with E-state index >= 15 is 0 Å². The van der Waals surface area contributed by atoms with E-state index in [-0.39, 0.29) is 6.61 Å². The largest absolute Gasteiger partial charge is 0.481 e. The van der Waals surface area contributed by atoms with Crippen LogP contribution in [0.2, 0.25) is 0 Å². The molecule has 0 aromatic heterocycles. The number of carboxylic acid groups (broad SMARTS) is 2. The molecule has 0 radical (unpaired) electrons. The number of hydrogen-bond acceptors (Lipinski definition) is 12. The number of aliphatic hydroxyl groups is 1. The molecule has 1 rings (SSSR count). The molecule has 224 valence electrons. The number of Topliss-reactive ketones (excluding diaryl/α,β-unsaturated/α-hetero) is 3. The first-order chi connectivity index (χ1) is 19.1. The number of nitrogens with one attached hydrogen (secondary N) is 2. The summed E-state index contributed by atoms with van der Waals surface area (Å²) in [6.07, 6.45) is -4.28. The maximum absolute atomic E-state index is 12.3. The van der Waals surface area contributed by atoms with E-state index < -0.39 is 103 Å². The molecule has 0 unspecified atom stereocenters. The predicted octanol–water partition coefficient (Wildman–Crippen LogP) is -2.83. The molecule has 9 N–H and O–H groups in total. The number of aliphatic hydroxyl groups excluding tert-OH is 1. The minimum atomic E-state index is -1.83. The summed E-state index contributed by atoms with van der Waals surface area (Å²) in [6, 6.07) is 1.71. The lowest BCUT2D eigenvalue weighted by Gasteiger charge is -2.23. The molecule has 2 amide bonds. The van der Waals surface area contributed by atoms with E-state index in [1.807, 2.05) is 5.32 Å². The number of carboxylic acids is 2. The highest BCUT2D eigenvalue weighted by molar-refractivity contribution is 6.41. The highest BCUT2D eigenvalue weighted by Crippen LogP contribution is 2.06. The molecule has 0 heterocycles. The lowest BCUT2D eigenvalue weighted by molar-refractivity contribution is -0.155. The third-order valence-electron chi connectivity index (χ3n) is 5.52. The number of aliphatic carboxylic acids is 2. The summed E-state index contributed by atoms with van der Waals surface area (Å²) in [5.41, 5.74) is 11.9. The molecule has 0 spiro atoms. The lowest BCUT2D eigenvalue weighted by atomic mass is 9.98. The Bertz CT molecular complexity index is 1150. The number of ketones is 3. The normalized spacial score (nSPS) is 14.3. The van der Waals surface area contributed by atoms with Crippen molar-refractivity contribution in [3.8, 4) is 0 Å². The first kappa shape index (κ1) is 34.5. The van der Waals surface area contributed by atoms with Gasteiger partial charge < -0.3 is 42.2 Å². The van der Waals surface area contributed by atoms with Crippen molar-refractivity contribution in [1.82, 2.24) is 10.6 Å². The van der Waals surface area contributed by atoms with Crippen LogP contribution in [0.4, 0.5) is 0 Å². The van der Waals surface area contributed by atoms with E-state index in [4.69, 9.17) is 26.4 Å². The van der Waals surface area contributed by atoms with Gasteiger partial charge in [0.25, 0.3) is 5.78 Å². The van der Waals surface area contributed by atoms with E-state index in [1.54, 1.807) is 30.3 Å². The molecule has 41 heavy (non-hydrogen) atoms.